The Labute approximate surface area is 184 Å². The van der Waals surface area contributed by atoms with Crippen LogP contribution in [0, 0.1) is 11.8 Å². The van der Waals surface area contributed by atoms with Crippen molar-refractivity contribution in [3.8, 4) is 0 Å². The van der Waals surface area contributed by atoms with Crippen molar-refractivity contribution in [3.05, 3.63) is 35.9 Å². The molecule has 0 spiro atoms. The fourth-order valence-corrected chi connectivity index (χ4v) is 3.81. The first kappa shape index (κ1) is 24.7. The molecule has 0 saturated carbocycles. The molecule has 3 amide bonds. The van der Waals surface area contributed by atoms with E-state index >= 15 is 0 Å². The summed E-state index contributed by atoms with van der Waals surface area (Å²) in [5, 5.41) is 10.9. The smallest absolute Gasteiger partial charge is 0.416 e. The predicted octanol–water partition coefficient (Wildman–Crippen LogP) is 3.42. The minimum Gasteiger partial charge on any atom is -0.447 e. The molecule has 2 rings (SSSR count). The van der Waals surface area contributed by atoms with Crippen LogP contribution in [-0.2, 0) is 20.9 Å². The van der Waals surface area contributed by atoms with Crippen LogP contribution in [0.4, 0.5) is 9.59 Å². The van der Waals surface area contributed by atoms with E-state index in [-0.39, 0.29) is 37.5 Å². The van der Waals surface area contributed by atoms with Crippen molar-refractivity contribution >= 4 is 18.1 Å². The maximum absolute atomic E-state index is 12.8. The lowest BCUT2D eigenvalue weighted by Crippen LogP contribution is -2.51. The summed E-state index contributed by atoms with van der Waals surface area (Å²) < 4.78 is 10.4. The Bertz CT molecular complexity index is 754. The molecule has 1 heterocycles. The SMILES string of the molecule is CC[C@H](C)[C@@H]([C@@H](O)CC(=O)N1C(=O)OC[C@@H]1C(C)C)N(C)C(=O)OCc1ccccc1. The maximum Gasteiger partial charge on any atom is 0.416 e. The molecule has 4 atom stereocenters. The van der Waals surface area contributed by atoms with Crippen molar-refractivity contribution in [2.75, 3.05) is 13.7 Å². The molecule has 1 aromatic carbocycles. The van der Waals surface area contributed by atoms with Crippen molar-refractivity contribution < 1.29 is 29.0 Å². The number of likely N-dealkylation sites (N-methyl/N-ethyl adjacent to an activating group) is 1. The van der Waals surface area contributed by atoms with Crippen LogP contribution in [0.3, 0.4) is 0 Å². The molecule has 8 nitrogen and oxygen atoms in total. The largest absolute Gasteiger partial charge is 0.447 e. The first-order valence-corrected chi connectivity index (χ1v) is 10.8. The Balaban J connectivity index is 2.07. The topological polar surface area (TPSA) is 96.4 Å². The maximum atomic E-state index is 12.8. The van der Waals surface area contributed by atoms with E-state index in [1.807, 2.05) is 58.0 Å². The monoisotopic (exact) mass is 434 g/mol. The molecular formula is C23H34N2O6. The van der Waals surface area contributed by atoms with Gasteiger partial charge in [-0.15, -0.1) is 0 Å². The molecule has 0 bridgehead atoms. The van der Waals surface area contributed by atoms with Crippen molar-refractivity contribution in [2.24, 2.45) is 11.8 Å². The van der Waals surface area contributed by atoms with E-state index in [9.17, 15) is 19.5 Å². The van der Waals surface area contributed by atoms with E-state index in [1.54, 1.807) is 7.05 Å². The van der Waals surface area contributed by atoms with Crippen molar-refractivity contribution in [3.63, 3.8) is 0 Å². The van der Waals surface area contributed by atoms with Gasteiger partial charge in [0.15, 0.2) is 0 Å². The molecule has 1 aliphatic rings. The summed E-state index contributed by atoms with van der Waals surface area (Å²) >= 11 is 0. The molecule has 8 heteroatoms. The zero-order chi connectivity index (χ0) is 23.1. The van der Waals surface area contributed by atoms with Gasteiger partial charge < -0.3 is 19.5 Å². The number of carbonyl (C=O) groups is 3. The fraction of sp³-hybridized carbons (Fsp3) is 0.609. The number of hydrogen-bond donors (Lipinski definition) is 1. The predicted molar refractivity (Wildman–Crippen MR) is 115 cm³/mol. The second-order valence-electron chi connectivity index (χ2n) is 8.45. The number of imide groups is 1. The first-order valence-electron chi connectivity index (χ1n) is 10.8. The zero-order valence-corrected chi connectivity index (χ0v) is 19.0. The highest BCUT2D eigenvalue weighted by molar-refractivity contribution is 5.93. The van der Waals surface area contributed by atoms with Gasteiger partial charge in [-0.25, -0.2) is 14.5 Å². The van der Waals surface area contributed by atoms with Gasteiger partial charge in [-0.3, -0.25) is 4.79 Å². The number of cyclic esters (lactones) is 1. The quantitative estimate of drug-likeness (QED) is 0.640. The lowest BCUT2D eigenvalue weighted by atomic mass is 9.91. The summed E-state index contributed by atoms with van der Waals surface area (Å²) in [7, 11) is 1.55. The third-order valence-electron chi connectivity index (χ3n) is 5.89. The van der Waals surface area contributed by atoms with Gasteiger partial charge in [-0.05, 0) is 17.4 Å². The van der Waals surface area contributed by atoms with Crippen LogP contribution in [0.15, 0.2) is 30.3 Å². The van der Waals surface area contributed by atoms with E-state index in [4.69, 9.17) is 9.47 Å². The summed E-state index contributed by atoms with van der Waals surface area (Å²) in [6, 6.07) is 8.30. The lowest BCUT2D eigenvalue weighted by Gasteiger charge is -2.35. The van der Waals surface area contributed by atoms with Gasteiger partial charge in [0.05, 0.1) is 24.6 Å². The van der Waals surface area contributed by atoms with E-state index in [0.29, 0.717) is 6.42 Å². The lowest BCUT2D eigenvalue weighted by molar-refractivity contribution is -0.133. The van der Waals surface area contributed by atoms with Gasteiger partial charge in [0.1, 0.15) is 13.2 Å². The summed E-state index contributed by atoms with van der Waals surface area (Å²) in [6.07, 6.45) is -2.03. The van der Waals surface area contributed by atoms with Crippen LogP contribution >= 0.6 is 0 Å². The van der Waals surface area contributed by atoms with Crippen LogP contribution in [0.25, 0.3) is 0 Å². The molecule has 0 aromatic heterocycles. The minimum atomic E-state index is -1.15. The Morgan fingerprint density at radius 2 is 1.90 bits per heavy atom. The third kappa shape index (κ3) is 6.19. The Hall–Kier alpha value is -2.61. The molecule has 172 valence electrons. The molecule has 1 fully saturated rings. The van der Waals surface area contributed by atoms with Crippen molar-refractivity contribution in [1.82, 2.24) is 9.80 Å². The van der Waals surface area contributed by atoms with E-state index in [1.165, 1.54) is 4.90 Å². The highest BCUT2D eigenvalue weighted by atomic mass is 16.6. The third-order valence-corrected chi connectivity index (χ3v) is 5.89. The number of amides is 3. The summed E-state index contributed by atoms with van der Waals surface area (Å²) in [5.74, 6) is -0.565. The second kappa shape index (κ2) is 11.1. The van der Waals surface area contributed by atoms with Crippen molar-refractivity contribution in [1.29, 1.82) is 0 Å². The van der Waals surface area contributed by atoms with Crippen LogP contribution in [0.2, 0.25) is 0 Å². The number of aliphatic hydroxyl groups excluding tert-OH is 1. The molecule has 0 radical (unpaired) electrons. The number of benzene rings is 1. The molecule has 0 aliphatic carbocycles. The van der Waals surface area contributed by atoms with Crippen LogP contribution in [-0.4, -0.2) is 64.8 Å². The Morgan fingerprint density at radius 3 is 2.48 bits per heavy atom. The fourth-order valence-electron chi connectivity index (χ4n) is 3.81. The van der Waals surface area contributed by atoms with Crippen molar-refractivity contribution in [2.45, 2.75) is 65.3 Å². The molecular weight excluding hydrogens is 400 g/mol. The highest BCUT2D eigenvalue weighted by Gasteiger charge is 2.41. The molecule has 31 heavy (non-hydrogen) atoms. The minimum absolute atomic E-state index is 0.0357. The van der Waals surface area contributed by atoms with Gasteiger partial charge in [0.2, 0.25) is 5.91 Å². The van der Waals surface area contributed by atoms with Gasteiger partial charge >= 0.3 is 12.2 Å². The highest BCUT2D eigenvalue weighted by Crippen LogP contribution is 2.24. The number of hydrogen-bond acceptors (Lipinski definition) is 6. The second-order valence-corrected chi connectivity index (χ2v) is 8.45. The van der Waals surface area contributed by atoms with Crippen LogP contribution < -0.4 is 0 Å². The number of rotatable bonds is 9. The average molecular weight is 435 g/mol. The normalized spacial score (nSPS) is 19.0. The molecule has 1 N–H and O–H groups in total. The molecule has 0 unspecified atom stereocenters. The Kier molecular flexibility index (Phi) is 8.86. The molecule has 1 aromatic rings. The number of nitrogens with zero attached hydrogens (tertiary/aromatic N) is 2. The van der Waals surface area contributed by atoms with Crippen LogP contribution in [0.1, 0.15) is 46.1 Å². The number of ether oxygens (including phenoxy) is 2. The van der Waals surface area contributed by atoms with Crippen LogP contribution in [0.5, 0.6) is 0 Å². The Morgan fingerprint density at radius 1 is 1.26 bits per heavy atom. The van der Waals surface area contributed by atoms with Gasteiger partial charge in [0, 0.05) is 7.05 Å². The van der Waals surface area contributed by atoms with Gasteiger partial charge in [-0.1, -0.05) is 64.4 Å². The van der Waals surface area contributed by atoms with E-state index < -0.39 is 30.2 Å². The summed E-state index contributed by atoms with van der Waals surface area (Å²) in [6.45, 7) is 7.92. The molecule has 1 aliphatic heterocycles. The first-order chi connectivity index (χ1) is 14.7. The van der Waals surface area contributed by atoms with Gasteiger partial charge in [-0.2, -0.15) is 0 Å². The number of carbonyl (C=O) groups excluding carboxylic acids is 3. The average Bonchev–Trinajstić information content (AvgIpc) is 3.14. The standard InChI is InChI=1S/C23H34N2O6/c1-6-16(4)21(24(5)22(28)30-13-17-10-8-7-9-11-17)19(26)12-20(27)25-18(15(2)3)14-31-23(25)29/h7-11,15-16,18-19,21,26H,6,12-14H2,1-5H3/t16-,18+,19-,21-/m0/s1. The van der Waals surface area contributed by atoms with Gasteiger partial charge in [0.25, 0.3) is 0 Å². The van der Waals surface area contributed by atoms with E-state index in [0.717, 1.165) is 10.5 Å². The zero-order valence-electron chi connectivity index (χ0n) is 19.0. The number of aliphatic hydroxyl groups is 1. The summed E-state index contributed by atoms with van der Waals surface area (Å²) in [4.78, 5) is 40.0. The summed E-state index contributed by atoms with van der Waals surface area (Å²) in [5.41, 5.74) is 0.854. The molecule has 1 saturated heterocycles. The van der Waals surface area contributed by atoms with E-state index in [2.05, 4.69) is 0 Å².